The average molecular weight is 442 g/mol. The van der Waals surface area contributed by atoms with Crippen molar-refractivity contribution in [3.63, 3.8) is 0 Å². The Bertz CT molecular complexity index is 1550. The lowest BCUT2D eigenvalue weighted by atomic mass is 10.2. The molecule has 0 aliphatic rings. The van der Waals surface area contributed by atoms with Crippen molar-refractivity contribution in [2.45, 2.75) is 0 Å². The topological polar surface area (TPSA) is 47.4 Å². The van der Waals surface area contributed by atoms with Gasteiger partial charge in [-0.3, -0.25) is 0 Å². The lowest BCUT2D eigenvalue weighted by Crippen LogP contribution is -1.85. The van der Waals surface area contributed by atoms with E-state index in [4.69, 9.17) is 0 Å². The maximum Gasteiger partial charge on any atom is 0.0575 e. The van der Waals surface area contributed by atoms with Crippen LogP contribution >= 0.6 is 34.0 Å². The van der Waals surface area contributed by atoms with Gasteiger partial charge in [0.1, 0.15) is 0 Å². The van der Waals surface area contributed by atoms with E-state index < -0.39 is 0 Å². The zero-order valence-electron chi connectivity index (χ0n) is 15.7. The summed E-state index contributed by atoms with van der Waals surface area (Å²) in [7, 11) is 0. The summed E-state index contributed by atoms with van der Waals surface area (Å²) in [4.78, 5) is 10.9. The monoisotopic (exact) mass is 441 g/mol. The highest BCUT2D eigenvalue weighted by atomic mass is 32.1. The largest absolute Gasteiger partial charge is 0.353 e. The van der Waals surface area contributed by atoms with Crippen molar-refractivity contribution >= 4 is 95.3 Å². The minimum absolute atomic E-state index is 1.18. The summed E-state index contributed by atoms with van der Waals surface area (Å²) in [6.07, 6.45) is 0. The quantitative estimate of drug-likeness (QED) is 0.198. The number of hydrogen-bond acceptors (Lipinski definition) is 3. The summed E-state index contributed by atoms with van der Waals surface area (Å²) in [6.45, 7) is 0. The first-order valence-electron chi connectivity index (χ1n) is 9.69. The van der Waals surface area contributed by atoms with E-state index in [0.29, 0.717) is 0 Å². The number of fused-ring (bicyclic) bond motifs is 6. The van der Waals surface area contributed by atoms with E-state index in [1.807, 2.05) is 34.0 Å². The average Bonchev–Trinajstić information content (AvgIpc) is 2.77. The van der Waals surface area contributed by atoms with Crippen molar-refractivity contribution in [3.05, 3.63) is 72.8 Å². The third kappa shape index (κ3) is 2.55. The molecule has 0 spiro atoms. The SMILES string of the molecule is c1ccc2sc3cc4[nH]c5cc6sc7ccccc7[nH]c6cc5sc4cc3[nH]c2c1. The first-order valence-corrected chi connectivity index (χ1v) is 12.1. The maximum atomic E-state index is 3.69. The third-order valence-electron chi connectivity index (χ3n) is 5.41. The summed E-state index contributed by atoms with van der Waals surface area (Å²) >= 11 is 5.48. The van der Waals surface area contributed by atoms with Crippen LogP contribution in [0.5, 0.6) is 0 Å². The summed E-state index contributed by atoms with van der Waals surface area (Å²) < 4.78 is 7.54. The fraction of sp³-hybridized carbons (Fsp3) is 0. The van der Waals surface area contributed by atoms with Crippen LogP contribution in [0.25, 0.3) is 61.3 Å². The minimum atomic E-state index is 1.18. The van der Waals surface area contributed by atoms with Gasteiger partial charge in [0.05, 0.1) is 61.3 Å². The summed E-state index contributed by atoms with van der Waals surface area (Å²) in [5.74, 6) is 0. The Kier molecular flexibility index (Phi) is 3.46. The molecule has 7 aromatic rings. The molecule has 6 heteroatoms. The molecule has 3 aromatic heterocycles. The number of nitrogens with one attached hydrogen (secondary N) is 3. The van der Waals surface area contributed by atoms with Crippen molar-refractivity contribution in [2.75, 3.05) is 0 Å². The number of benzene rings is 4. The molecule has 3 N–H and O–H groups in total. The van der Waals surface area contributed by atoms with Crippen LogP contribution in [0.4, 0.5) is 0 Å². The van der Waals surface area contributed by atoms with Crippen LogP contribution in [0.3, 0.4) is 0 Å². The molecule has 4 aromatic carbocycles. The molecule has 0 aliphatic carbocycles. The van der Waals surface area contributed by atoms with Crippen LogP contribution in [-0.2, 0) is 0 Å². The molecule has 0 radical (unpaired) electrons. The molecule has 0 aliphatic heterocycles. The number of aromatic amines is 3. The molecule has 0 fully saturated rings. The zero-order valence-corrected chi connectivity index (χ0v) is 18.1. The van der Waals surface area contributed by atoms with E-state index >= 15 is 0 Å². The molecule has 30 heavy (non-hydrogen) atoms. The molecule has 3 heterocycles. The molecule has 144 valence electrons. The van der Waals surface area contributed by atoms with Crippen LogP contribution in [0, 0.1) is 0 Å². The first kappa shape index (κ1) is 16.7. The Morgan fingerprint density at radius 2 is 0.700 bits per heavy atom. The lowest BCUT2D eigenvalue weighted by molar-refractivity contribution is 1.50. The lowest BCUT2D eigenvalue weighted by Gasteiger charge is -2.08. The van der Waals surface area contributed by atoms with E-state index in [1.54, 1.807) is 0 Å². The Morgan fingerprint density at radius 1 is 0.367 bits per heavy atom. The van der Waals surface area contributed by atoms with Crippen molar-refractivity contribution in [1.82, 2.24) is 15.0 Å². The highest BCUT2D eigenvalue weighted by Gasteiger charge is 2.07. The summed E-state index contributed by atoms with van der Waals surface area (Å²) in [5.41, 5.74) is 7.06. The van der Waals surface area contributed by atoms with E-state index in [2.05, 4.69) is 87.7 Å². The van der Waals surface area contributed by atoms with Gasteiger partial charge in [0.2, 0.25) is 0 Å². The van der Waals surface area contributed by atoms with Gasteiger partial charge >= 0.3 is 0 Å². The second-order valence-corrected chi connectivity index (χ2v) is 10.6. The highest BCUT2D eigenvalue weighted by molar-refractivity contribution is 7.26. The fourth-order valence-electron chi connectivity index (χ4n) is 3.96. The summed E-state index contributed by atoms with van der Waals surface area (Å²) in [6, 6.07) is 26.0. The number of H-pyrrole nitrogens is 3. The molecule has 0 saturated heterocycles. The van der Waals surface area contributed by atoms with Gasteiger partial charge in [0.25, 0.3) is 0 Å². The van der Waals surface area contributed by atoms with Gasteiger partial charge in [0, 0.05) is 0 Å². The van der Waals surface area contributed by atoms with Gasteiger partial charge in [-0.2, -0.15) is 0 Å². The van der Waals surface area contributed by atoms with Crippen LogP contribution in [0.15, 0.2) is 72.8 Å². The number of rotatable bonds is 0. The van der Waals surface area contributed by atoms with E-state index in [1.165, 1.54) is 61.3 Å². The maximum absolute atomic E-state index is 3.69. The van der Waals surface area contributed by atoms with Gasteiger partial charge in [-0.05, 0) is 48.5 Å². The molecule has 7 rings (SSSR count). The molecule has 0 unspecified atom stereocenters. The van der Waals surface area contributed by atoms with Gasteiger partial charge in [-0.25, -0.2) is 0 Å². The van der Waals surface area contributed by atoms with Gasteiger partial charge in [0.15, 0.2) is 0 Å². The van der Waals surface area contributed by atoms with Crippen molar-refractivity contribution < 1.29 is 0 Å². The smallest absolute Gasteiger partial charge is 0.0575 e. The standard InChI is InChI=1S/C24H15N3S3/c1-3-7-19-13(5-1)25-15-9-23-17(11-21(15)28-19)27-18-12-22-16(10-24(18)30-23)26-14-6-2-4-8-20(14)29-22/h1-12,25-27H. The van der Waals surface area contributed by atoms with E-state index in [0.717, 1.165) is 0 Å². The highest BCUT2D eigenvalue weighted by Crippen LogP contribution is 2.35. The van der Waals surface area contributed by atoms with Crippen molar-refractivity contribution in [3.8, 4) is 0 Å². The number of aromatic nitrogens is 3. The molecule has 0 bridgehead atoms. The Balaban J connectivity index is 1.54. The second-order valence-electron chi connectivity index (χ2n) is 7.36. The van der Waals surface area contributed by atoms with E-state index in [-0.39, 0.29) is 0 Å². The predicted molar refractivity (Wildman–Crippen MR) is 135 cm³/mol. The van der Waals surface area contributed by atoms with Crippen LogP contribution in [0.2, 0.25) is 0 Å². The molecule has 3 nitrogen and oxygen atoms in total. The van der Waals surface area contributed by atoms with E-state index in [9.17, 15) is 0 Å². The Morgan fingerprint density at radius 3 is 1.13 bits per heavy atom. The number of para-hydroxylation sites is 2. The zero-order chi connectivity index (χ0) is 19.7. The Labute approximate surface area is 182 Å². The Hall–Kier alpha value is -3.06. The van der Waals surface area contributed by atoms with Gasteiger partial charge in [-0.15, -0.1) is 34.0 Å². The van der Waals surface area contributed by atoms with Crippen LogP contribution in [-0.4, -0.2) is 15.0 Å². The molecule has 0 saturated carbocycles. The minimum Gasteiger partial charge on any atom is -0.353 e. The first-order chi connectivity index (χ1) is 14.8. The fourth-order valence-corrected chi connectivity index (χ4v) is 7.01. The molecule has 0 amide bonds. The normalized spacial score (nSPS) is 12.0. The van der Waals surface area contributed by atoms with Crippen LogP contribution < -0.4 is 0 Å². The molecular formula is C24H15N3S3. The number of hydrogen-bond donors (Lipinski definition) is 3. The van der Waals surface area contributed by atoms with Gasteiger partial charge in [-0.1, -0.05) is 24.3 Å². The van der Waals surface area contributed by atoms with Crippen LogP contribution in [0.1, 0.15) is 0 Å². The second kappa shape index (κ2) is 6.22. The van der Waals surface area contributed by atoms with Crippen molar-refractivity contribution in [1.29, 1.82) is 0 Å². The third-order valence-corrected chi connectivity index (χ3v) is 8.79. The van der Waals surface area contributed by atoms with Gasteiger partial charge < -0.3 is 15.0 Å². The molecule has 0 atom stereocenters. The predicted octanol–water partition coefficient (Wildman–Crippen LogP) is 8.46. The van der Waals surface area contributed by atoms with Crippen molar-refractivity contribution in [2.24, 2.45) is 0 Å². The molecular weight excluding hydrogens is 426 g/mol. The summed E-state index contributed by atoms with van der Waals surface area (Å²) in [5, 5.41) is 0.